The van der Waals surface area contributed by atoms with Gasteiger partial charge in [-0.15, -0.1) is 10.2 Å². The molecule has 0 aromatic carbocycles. The molecule has 14 heavy (non-hydrogen) atoms. The number of likely N-dealkylation sites (tertiary alicyclic amines) is 1. The highest BCUT2D eigenvalue weighted by molar-refractivity contribution is 7.13. The number of anilines is 1. The molecule has 5 heteroatoms. The summed E-state index contributed by atoms with van der Waals surface area (Å²) in [7, 11) is 2.17. The molecular formula is C9H20N4S. The van der Waals surface area contributed by atoms with Crippen LogP contribution in [0.1, 0.15) is 26.7 Å². The third-order valence-electron chi connectivity index (χ3n) is 1.71. The van der Waals surface area contributed by atoms with Crippen molar-refractivity contribution in [3.05, 3.63) is 5.51 Å². The van der Waals surface area contributed by atoms with Crippen LogP contribution in [0.5, 0.6) is 0 Å². The summed E-state index contributed by atoms with van der Waals surface area (Å²) in [5.41, 5.74) is 6.72. The first-order valence-electron chi connectivity index (χ1n) is 4.99. The number of nitrogens with zero attached hydrogens (tertiary/aromatic N) is 3. The van der Waals surface area contributed by atoms with Gasteiger partial charge in [0.05, 0.1) is 0 Å². The summed E-state index contributed by atoms with van der Waals surface area (Å²) in [6, 6.07) is 0. The summed E-state index contributed by atoms with van der Waals surface area (Å²) in [6.07, 6.45) is 2.83. The number of nitrogens with two attached hydrogens (primary N) is 1. The van der Waals surface area contributed by atoms with Crippen LogP contribution in [-0.4, -0.2) is 35.2 Å². The Morgan fingerprint density at radius 3 is 2.07 bits per heavy atom. The Morgan fingerprint density at radius 1 is 1.36 bits per heavy atom. The molecule has 1 fully saturated rings. The van der Waals surface area contributed by atoms with E-state index in [0.29, 0.717) is 5.13 Å². The highest BCUT2D eigenvalue weighted by Gasteiger charge is 2.03. The van der Waals surface area contributed by atoms with Crippen LogP contribution in [0.25, 0.3) is 0 Å². The summed E-state index contributed by atoms with van der Waals surface area (Å²) >= 11 is 1.33. The Kier molecular flexibility index (Phi) is 8.47. The molecule has 0 aliphatic carbocycles. The highest BCUT2D eigenvalue weighted by Crippen LogP contribution is 2.02. The summed E-state index contributed by atoms with van der Waals surface area (Å²) in [5.74, 6) is 0. The van der Waals surface area contributed by atoms with Gasteiger partial charge in [-0.25, -0.2) is 0 Å². The summed E-state index contributed by atoms with van der Waals surface area (Å²) in [4.78, 5) is 2.36. The topological polar surface area (TPSA) is 55.0 Å². The Bertz CT molecular complexity index is 195. The second-order valence-corrected chi connectivity index (χ2v) is 3.65. The molecule has 1 aromatic rings. The SMILES string of the molecule is CC.CN1CCCC1.Nc1nncs1. The highest BCUT2D eigenvalue weighted by atomic mass is 32.1. The monoisotopic (exact) mass is 216 g/mol. The summed E-state index contributed by atoms with van der Waals surface area (Å²) in [6.45, 7) is 6.64. The van der Waals surface area contributed by atoms with E-state index in [4.69, 9.17) is 5.73 Å². The predicted molar refractivity (Wildman–Crippen MR) is 62.4 cm³/mol. The Hall–Kier alpha value is -0.680. The fourth-order valence-electron chi connectivity index (χ4n) is 1.06. The molecule has 0 amide bonds. The number of hydrogen-bond donors (Lipinski definition) is 1. The molecule has 1 aliphatic heterocycles. The van der Waals surface area contributed by atoms with Crippen molar-refractivity contribution in [3.63, 3.8) is 0 Å². The van der Waals surface area contributed by atoms with Crippen LogP contribution in [0.3, 0.4) is 0 Å². The molecule has 2 heterocycles. The maximum absolute atomic E-state index is 5.12. The first-order valence-corrected chi connectivity index (χ1v) is 5.87. The average molecular weight is 216 g/mol. The van der Waals surface area contributed by atoms with E-state index in [0.717, 1.165) is 0 Å². The molecule has 0 spiro atoms. The molecule has 0 saturated carbocycles. The van der Waals surface area contributed by atoms with E-state index in [9.17, 15) is 0 Å². The molecule has 82 valence electrons. The molecule has 2 rings (SSSR count). The van der Waals surface area contributed by atoms with Crippen LogP contribution in [0.2, 0.25) is 0 Å². The minimum absolute atomic E-state index is 0.523. The van der Waals surface area contributed by atoms with E-state index in [1.54, 1.807) is 5.51 Å². The number of nitrogen functional groups attached to an aromatic ring is 1. The van der Waals surface area contributed by atoms with Gasteiger partial charge in [-0.3, -0.25) is 0 Å². The van der Waals surface area contributed by atoms with Crippen molar-refractivity contribution >= 4 is 16.5 Å². The zero-order valence-corrected chi connectivity index (χ0v) is 10.0. The minimum atomic E-state index is 0.523. The van der Waals surface area contributed by atoms with Crippen molar-refractivity contribution in [2.24, 2.45) is 0 Å². The molecular weight excluding hydrogens is 196 g/mol. The predicted octanol–water partition coefficient (Wildman–Crippen LogP) is 1.86. The van der Waals surface area contributed by atoms with E-state index in [1.807, 2.05) is 13.8 Å². The van der Waals surface area contributed by atoms with Gasteiger partial charge in [0.2, 0.25) is 5.13 Å². The van der Waals surface area contributed by atoms with Gasteiger partial charge in [-0.1, -0.05) is 25.2 Å². The Morgan fingerprint density at radius 2 is 1.93 bits per heavy atom. The summed E-state index contributed by atoms with van der Waals surface area (Å²) < 4.78 is 0. The fourth-order valence-corrected chi connectivity index (χ4v) is 1.35. The lowest BCUT2D eigenvalue weighted by molar-refractivity contribution is 0.418. The van der Waals surface area contributed by atoms with E-state index in [-0.39, 0.29) is 0 Å². The molecule has 0 unspecified atom stereocenters. The largest absolute Gasteiger partial charge is 0.374 e. The van der Waals surface area contributed by atoms with Crippen LogP contribution < -0.4 is 5.73 Å². The maximum Gasteiger partial charge on any atom is 0.202 e. The van der Waals surface area contributed by atoms with Crippen molar-refractivity contribution in [2.45, 2.75) is 26.7 Å². The van der Waals surface area contributed by atoms with Crippen LogP contribution >= 0.6 is 11.3 Å². The molecule has 0 atom stereocenters. The standard InChI is InChI=1S/C5H11N.C2H3N3S.C2H6/c1-6-4-2-3-5-6;3-2-5-4-1-6-2;1-2/h2-5H2,1H3;1H,(H2,3,5);1-2H3. The van der Waals surface area contributed by atoms with Gasteiger partial charge in [0.1, 0.15) is 5.51 Å². The van der Waals surface area contributed by atoms with Crippen LogP contribution in [0.15, 0.2) is 5.51 Å². The second kappa shape index (κ2) is 8.90. The fraction of sp³-hybridized carbons (Fsp3) is 0.778. The van der Waals surface area contributed by atoms with Gasteiger partial charge >= 0.3 is 0 Å². The molecule has 0 radical (unpaired) electrons. The molecule has 1 saturated heterocycles. The van der Waals surface area contributed by atoms with E-state index < -0.39 is 0 Å². The van der Waals surface area contributed by atoms with E-state index in [1.165, 1.54) is 37.3 Å². The van der Waals surface area contributed by atoms with Crippen LogP contribution in [0.4, 0.5) is 5.13 Å². The normalized spacial score (nSPS) is 15.1. The van der Waals surface area contributed by atoms with Crippen LogP contribution in [-0.2, 0) is 0 Å². The van der Waals surface area contributed by atoms with Gasteiger partial charge in [0.15, 0.2) is 0 Å². The lowest BCUT2D eigenvalue weighted by atomic mass is 10.4. The molecule has 1 aromatic heterocycles. The average Bonchev–Trinajstić information content (AvgIpc) is 2.83. The lowest BCUT2D eigenvalue weighted by Gasteiger charge is -2.01. The number of rotatable bonds is 0. The maximum atomic E-state index is 5.12. The van der Waals surface area contributed by atoms with Crippen molar-refractivity contribution < 1.29 is 0 Å². The smallest absolute Gasteiger partial charge is 0.202 e. The zero-order valence-electron chi connectivity index (χ0n) is 9.23. The van der Waals surface area contributed by atoms with Gasteiger partial charge in [0.25, 0.3) is 0 Å². The zero-order chi connectivity index (χ0) is 10.8. The van der Waals surface area contributed by atoms with Gasteiger partial charge in [0, 0.05) is 0 Å². The minimum Gasteiger partial charge on any atom is -0.374 e. The molecule has 1 aliphatic rings. The quantitative estimate of drug-likeness (QED) is 0.719. The van der Waals surface area contributed by atoms with Crippen molar-refractivity contribution in [3.8, 4) is 0 Å². The van der Waals surface area contributed by atoms with E-state index in [2.05, 4.69) is 22.1 Å². The molecule has 0 bridgehead atoms. The van der Waals surface area contributed by atoms with E-state index >= 15 is 0 Å². The van der Waals surface area contributed by atoms with Gasteiger partial charge < -0.3 is 10.6 Å². The molecule has 2 N–H and O–H groups in total. The van der Waals surface area contributed by atoms with Gasteiger partial charge in [-0.2, -0.15) is 0 Å². The lowest BCUT2D eigenvalue weighted by Crippen LogP contribution is -2.10. The van der Waals surface area contributed by atoms with Crippen molar-refractivity contribution in [2.75, 3.05) is 25.9 Å². The number of aromatic nitrogens is 2. The first-order chi connectivity index (χ1) is 6.79. The Balaban J connectivity index is 0.000000206. The molecule has 4 nitrogen and oxygen atoms in total. The first kappa shape index (κ1) is 13.3. The Labute approximate surface area is 90.1 Å². The third kappa shape index (κ3) is 6.80. The second-order valence-electron chi connectivity index (χ2n) is 2.79. The summed E-state index contributed by atoms with van der Waals surface area (Å²) in [5, 5.41) is 7.45. The van der Waals surface area contributed by atoms with Gasteiger partial charge in [-0.05, 0) is 33.0 Å². The number of hydrogen-bond acceptors (Lipinski definition) is 5. The van der Waals surface area contributed by atoms with Crippen LogP contribution in [0, 0.1) is 0 Å². The van der Waals surface area contributed by atoms with Crippen molar-refractivity contribution in [1.82, 2.24) is 15.1 Å². The third-order valence-corrected chi connectivity index (χ3v) is 2.23. The van der Waals surface area contributed by atoms with Crippen molar-refractivity contribution in [1.29, 1.82) is 0 Å².